The van der Waals surface area contributed by atoms with Crippen molar-refractivity contribution in [2.75, 3.05) is 10.6 Å². The summed E-state index contributed by atoms with van der Waals surface area (Å²) < 4.78 is 1.79. The Labute approximate surface area is 176 Å². The van der Waals surface area contributed by atoms with Crippen molar-refractivity contribution in [1.29, 1.82) is 0 Å². The van der Waals surface area contributed by atoms with E-state index in [9.17, 15) is 4.79 Å². The van der Waals surface area contributed by atoms with Gasteiger partial charge in [0.05, 0.1) is 10.6 Å². The van der Waals surface area contributed by atoms with E-state index in [4.69, 9.17) is 0 Å². The molecule has 0 spiro atoms. The lowest BCUT2D eigenvalue weighted by molar-refractivity contribution is -0.114. The molecule has 0 atom stereocenters. The normalized spacial score (nSPS) is 11.1. The number of rotatable bonds is 5. The number of carbonyl (C=O) groups excluding carboxylic acids is 1. The molecular weight excluding hydrogens is 426 g/mol. The van der Waals surface area contributed by atoms with Gasteiger partial charge in [0.2, 0.25) is 21.9 Å². The van der Waals surface area contributed by atoms with E-state index in [0.29, 0.717) is 11.1 Å². The molecule has 0 saturated carbocycles. The molecule has 1 aromatic carbocycles. The predicted molar refractivity (Wildman–Crippen MR) is 117 cm³/mol. The van der Waals surface area contributed by atoms with Gasteiger partial charge in [0, 0.05) is 23.6 Å². The summed E-state index contributed by atoms with van der Waals surface area (Å²) in [4.78, 5) is 17.6. The Morgan fingerprint density at radius 3 is 2.72 bits per heavy atom. The number of amides is 1. The lowest BCUT2D eigenvalue weighted by atomic mass is 10.1. The molecule has 8 nitrogen and oxygen atoms in total. The fourth-order valence-electron chi connectivity index (χ4n) is 2.73. The minimum Gasteiger partial charge on any atom is -0.326 e. The molecule has 0 aliphatic heterocycles. The zero-order valence-electron chi connectivity index (χ0n) is 15.0. The first-order chi connectivity index (χ1) is 14.2. The number of hydrogen-bond donors (Lipinski definition) is 2. The maximum atomic E-state index is 11.2. The Hall–Kier alpha value is -3.15. The molecule has 5 rings (SSSR count). The molecule has 0 unspecified atom stereocenters. The third-order valence-electron chi connectivity index (χ3n) is 3.96. The molecule has 0 saturated heterocycles. The molecule has 29 heavy (non-hydrogen) atoms. The Balaban J connectivity index is 1.39. The summed E-state index contributed by atoms with van der Waals surface area (Å²) >= 11 is 4.60. The number of nitrogens with one attached hydrogen (secondary N) is 2. The van der Waals surface area contributed by atoms with Crippen LogP contribution in [0, 0.1) is 0 Å². The van der Waals surface area contributed by atoms with Crippen LogP contribution in [0.25, 0.3) is 26.1 Å². The van der Waals surface area contributed by atoms with E-state index < -0.39 is 0 Å². The van der Waals surface area contributed by atoms with E-state index in [-0.39, 0.29) is 5.91 Å². The molecule has 0 aliphatic carbocycles. The van der Waals surface area contributed by atoms with Gasteiger partial charge in [0.15, 0.2) is 5.01 Å². The Morgan fingerprint density at radius 2 is 1.97 bits per heavy atom. The standard InChI is InChI=1S/C18H13N7OS3/c1-10(26)19-12-6-4-11(5-7-12)13-9-28-18-21-16(24-25(13)18)20-17-23-22-15(29-17)14-3-2-8-27-14/h2-9H,1H3,(H,19,26)(H,20,23,24). The van der Waals surface area contributed by atoms with Crippen LogP contribution >= 0.6 is 34.0 Å². The number of carbonyl (C=O) groups is 1. The summed E-state index contributed by atoms with van der Waals surface area (Å²) in [5, 5.41) is 24.4. The number of aromatic nitrogens is 5. The SMILES string of the molecule is CC(=O)Nc1ccc(-c2csc3nc(Nc4nnc(-c5cccs5)s4)nn23)cc1. The highest BCUT2D eigenvalue weighted by Gasteiger charge is 2.14. The first kappa shape index (κ1) is 17.9. The summed E-state index contributed by atoms with van der Waals surface area (Å²) in [5.41, 5.74) is 2.67. The van der Waals surface area contributed by atoms with E-state index in [0.717, 1.165) is 31.8 Å². The summed E-state index contributed by atoms with van der Waals surface area (Å²) in [5.74, 6) is 0.378. The van der Waals surface area contributed by atoms with Crippen molar-refractivity contribution in [1.82, 2.24) is 24.8 Å². The molecule has 4 aromatic heterocycles. The van der Waals surface area contributed by atoms with Crippen LogP contribution in [0.5, 0.6) is 0 Å². The van der Waals surface area contributed by atoms with Crippen molar-refractivity contribution in [3.8, 4) is 21.1 Å². The van der Waals surface area contributed by atoms with E-state index in [1.807, 2.05) is 47.2 Å². The molecule has 5 aromatic rings. The van der Waals surface area contributed by atoms with Crippen LogP contribution in [-0.2, 0) is 4.79 Å². The molecule has 0 fully saturated rings. The number of fused-ring (bicyclic) bond motifs is 1. The molecule has 1 amide bonds. The van der Waals surface area contributed by atoms with Crippen molar-refractivity contribution < 1.29 is 4.79 Å². The number of thiophene rings is 1. The van der Waals surface area contributed by atoms with Crippen LogP contribution in [0.3, 0.4) is 0 Å². The van der Waals surface area contributed by atoms with Crippen LogP contribution in [0.4, 0.5) is 16.8 Å². The summed E-state index contributed by atoms with van der Waals surface area (Å²) in [7, 11) is 0. The summed E-state index contributed by atoms with van der Waals surface area (Å²) in [6.07, 6.45) is 0. The van der Waals surface area contributed by atoms with Gasteiger partial charge in [-0.2, -0.15) is 4.98 Å². The molecule has 2 N–H and O–H groups in total. The molecule has 4 heterocycles. The molecule has 11 heteroatoms. The van der Waals surface area contributed by atoms with Gasteiger partial charge in [0.1, 0.15) is 0 Å². The van der Waals surface area contributed by atoms with E-state index >= 15 is 0 Å². The van der Waals surface area contributed by atoms with Gasteiger partial charge in [-0.05, 0) is 23.6 Å². The highest BCUT2D eigenvalue weighted by atomic mass is 32.1. The smallest absolute Gasteiger partial charge is 0.250 e. The van der Waals surface area contributed by atoms with E-state index in [1.165, 1.54) is 29.6 Å². The van der Waals surface area contributed by atoms with Crippen molar-refractivity contribution >= 4 is 61.6 Å². The van der Waals surface area contributed by atoms with Gasteiger partial charge < -0.3 is 5.32 Å². The number of hydrogen-bond acceptors (Lipinski definition) is 9. The second-order valence-corrected chi connectivity index (χ2v) is 8.79. The van der Waals surface area contributed by atoms with Crippen LogP contribution in [0.2, 0.25) is 0 Å². The quantitative estimate of drug-likeness (QED) is 0.411. The highest BCUT2D eigenvalue weighted by molar-refractivity contribution is 7.23. The van der Waals surface area contributed by atoms with Gasteiger partial charge in [-0.3, -0.25) is 10.1 Å². The van der Waals surface area contributed by atoms with Crippen molar-refractivity contribution in [3.05, 3.63) is 47.2 Å². The number of benzene rings is 1. The van der Waals surface area contributed by atoms with Crippen LogP contribution in [0.15, 0.2) is 47.2 Å². The van der Waals surface area contributed by atoms with E-state index in [1.54, 1.807) is 15.9 Å². The Bertz CT molecular complexity index is 1280. The van der Waals surface area contributed by atoms with Gasteiger partial charge in [0.25, 0.3) is 0 Å². The highest BCUT2D eigenvalue weighted by Crippen LogP contribution is 2.31. The van der Waals surface area contributed by atoms with Gasteiger partial charge in [-0.1, -0.05) is 29.5 Å². The maximum Gasteiger partial charge on any atom is 0.250 e. The summed E-state index contributed by atoms with van der Waals surface area (Å²) in [6.45, 7) is 1.49. The Kier molecular flexibility index (Phi) is 4.54. The fourth-order valence-corrected chi connectivity index (χ4v) is 5.09. The first-order valence-corrected chi connectivity index (χ1v) is 11.1. The third-order valence-corrected chi connectivity index (χ3v) is 6.65. The van der Waals surface area contributed by atoms with Gasteiger partial charge in [-0.25, -0.2) is 4.52 Å². The van der Waals surface area contributed by atoms with Crippen molar-refractivity contribution in [2.24, 2.45) is 0 Å². The zero-order chi connectivity index (χ0) is 19.8. The van der Waals surface area contributed by atoms with Gasteiger partial charge in [-0.15, -0.1) is 38.0 Å². The molecule has 0 bridgehead atoms. The molecule has 0 radical (unpaired) electrons. The average molecular weight is 440 g/mol. The van der Waals surface area contributed by atoms with Crippen molar-refractivity contribution in [2.45, 2.75) is 6.92 Å². The molecule has 144 valence electrons. The Morgan fingerprint density at radius 1 is 1.10 bits per heavy atom. The monoisotopic (exact) mass is 439 g/mol. The minimum atomic E-state index is -0.0958. The second kappa shape index (κ2) is 7.35. The maximum absolute atomic E-state index is 11.2. The number of thiazole rings is 1. The first-order valence-electron chi connectivity index (χ1n) is 8.52. The zero-order valence-corrected chi connectivity index (χ0v) is 17.4. The lowest BCUT2D eigenvalue weighted by Crippen LogP contribution is -2.05. The van der Waals surface area contributed by atoms with Gasteiger partial charge >= 0.3 is 0 Å². The van der Waals surface area contributed by atoms with Crippen LogP contribution in [-0.4, -0.2) is 30.7 Å². The minimum absolute atomic E-state index is 0.0958. The lowest BCUT2D eigenvalue weighted by Gasteiger charge is -2.03. The number of nitrogens with zero attached hydrogens (tertiary/aromatic N) is 5. The molecule has 0 aliphatic rings. The second-order valence-electron chi connectivity index (χ2n) is 6.02. The predicted octanol–water partition coefficient (Wildman–Crippen LogP) is 4.74. The fraction of sp³-hybridized carbons (Fsp3) is 0.0556. The number of anilines is 3. The van der Waals surface area contributed by atoms with E-state index in [2.05, 4.69) is 30.9 Å². The summed E-state index contributed by atoms with van der Waals surface area (Å²) in [6, 6.07) is 11.6. The van der Waals surface area contributed by atoms with Crippen molar-refractivity contribution in [3.63, 3.8) is 0 Å². The third kappa shape index (κ3) is 3.62. The topological polar surface area (TPSA) is 97.1 Å². The largest absolute Gasteiger partial charge is 0.326 e. The average Bonchev–Trinajstić information content (AvgIpc) is 3.47. The van der Waals surface area contributed by atoms with Crippen LogP contribution in [0.1, 0.15) is 6.92 Å². The molecular formula is C18H13N7OS3. The van der Waals surface area contributed by atoms with Crippen LogP contribution < -0.4 is 10.6 Å².